The minimum atomic E-state index is 0.599. The van der Waals surface area contributed by atoms with Gasteiger partial charge in [0.1, 0.15) is 16.9 Å². The van der Waals surface area contributed by atoms with Crippen LogP contribution in [0.3, 0.4) is 0 Å². The van der Waals surface area contributed by atoms with Gasteiger partial charge in [-0.15, -0.1) is 11.3 Å². The summed E-state index contributed by atoms with van der Waals surface area (Å²) in [6, 6.07) is 7.91. The molecule has 0 aliphatic heterocycles. The lowest BCUT2D eigenvalue weighted by Crippen LogP contribution is -1.91. The molecule has 18 heavy (non-hydrogen) atoms. The SMILES string of the molecule is Cc1ccc(Br)cc1Oc1ncnc2sccc12. The van der Waals surface area contributed by atoms with E-state index in [1.807, 2.05) is 36.6 Å². The fourth-order valence-corrected chi connectivity index (χ4v) is 2.70. The maximum absolute atomic E-state index is 5.89. The molecule has 5 heteroatoms. The first kappa shape index (κ1) is 11.6. The molecule has 2 heterocycles. The predicted octanol–water partition coefficient (Wildman–Crippen LogP) is 4.55. The number of benzene rings is 1. The lowest BCUT2D eigenvalue weighted by molar-refractivity contribution is 0.464. The normalized spacial score (nSPS) is 10.8. The van der Waals surface area contributed by atoms with Crippen molar-refractivity contribution in [2.75, 3.05) is 0 Å². The second kappa shape index (κ2) is 4.66. The van der Waals surface area contributed by atoms with Gasteiger partial charge in [0, 0.05) is 4.47 Å². The van der Waals surface area contributed by atoms with Crippen molar-refractivity contribution in [2.45, 2.75) is 6.92 Å². The molecule has 3 aromatic rings. The molecule has 1 aromatic carbocycles. The van der Waals surface area contributed by atoms with Gasteiger partial charge in [0.2, 0.25) is 5.88 Å². The predicted molar refractivity (Wildman–Crippen MR) is 76.4 cm³/mol. The second-order valence-electron chi connectivity index (χ2n) is 3.83. The van der Waals surface area contributed by atoms with Gasteiger partial charge < -0.3 is 4.74 Å². The van der Waals surface area contributed by atoms with E-state index in [2.05, 4.69) is 25.9 Å². The molecule has 3 nitrogen and oxygen atoms in total. The molecule has 0 unspecified atom stereocenters. The third kappa shape index (κ3) is 2.11. The third-order valence-corrected chi connectivity index (χ3v) is 3.90. The summed E-state index contributed by atoms with van der Waals surface area (Å²) in [7, 11) is 0. The highest BCUT2D eigenvalue weighted by Crippen LogP contribution is 2.32. The summed E-state index contributed by atoms with van der Waals surface area (Å²) in [5, 5.41) is 2.93. The van der Waals surface area contributed by atoms with Crippen LogP contribution in [0.25, 0.3) is 10.2 Å². The fourth-order valence-electron chi connectivity index (χ4n) is 1.64. The molecule has 0 aliphatic rings. The van der Waals surface area contributed by atoms with Crippen LogP contribution in [0, 0.1) is 6.92 Å². The number of hydrogen-bond donors (Lipinski definition) is 0. The van der Waals surface area contributed by atoms with E-state index < -0.39 is 0 Å². The Hall–Kier alpha value is -1.46. The zero-order chi connectivity index (χ0) is 12.5. The van der Waals surface area contributed by atoms with Crippen LogP contribution in [0.15, 0.2) is 40.4 Å². The molecule has 2 aromatic heterocycles. The van der Waals surface area contributed by atoms with Crippen molar-refractivity contribution in [1.29, 1.82) is 0 Å². The molecule has 0 spiro atoms. The summed E-state index contributed by atoms with van der Waals surface area (Å²) in [5.41, 5.74) is 1.07. The summed E-state index contributed by atoms with van der Waals surface area (Å²) < 4.78 is 6.87. The smallest absolute Gasteiger partial charge is 0.231 e. The minimum Gasteiger partial charge on any atom is -0.438 e. The average molecular weight is 321 g/mol. The number of aromatic nitrogens is 2. The first-order valence-electron chi connectivity index (χ1n) is 5.36. The molecular weight excluding hydrogens is 312 g/mol. The number of rotatable bonds is 2. The van der Waals surface area contributed by atoms with Crippen LogP contribution < -0.4 is 4.74 Å². The van der Waals surface area contributed by atoms with Crippen molar-refractivity contribution in [3.63, 3.8) is 0 Å². The van der Waals surface area contributed by atoms with E-state index in [-0.39, 0.29) is 0 Å². The highest BCUT2D eigenvalue weighted by atomic mass is 79.9. The number of ether oxygens (including phenoxy) is 1. The monoisotopic (exact) mass is 320 g/mol. The van der Waals surface area contributed by atoms with Crippen molar-refractivity contribution in [3.8, 4) is 11.6 Å². The molecule has 0 N–H and O–H groups in total. The largest absolute Gasteiger partial charge is 0.438 e. The van der Waals surface area contributed by atoms with Crippen molar-refractivity contribution in [2.24, 2.45) is 0 Å². The highest BCUT2D eigenvalue weighted by molar-refractivity contribution is 9.10. The Balaban J connectivity index is 2.06. The van der Waals surface area contributed by atoms with Crippen LogP contribution in [0.5, 0.6) is 11.6 Å². The molecule has 0 saturated carbocycles. The summed E-state index contributed by atoms with van der Waals surface area (Å²) in [6.07, 6.45) is 1.53. The quantitative estimate of drug-likeness (QED) is 0.694. The number of nitrogens with zero attached hydrogens (tertiary/aromatic N) is 2. The van der Waals surface area contributed by atoms with Crippen LogP contribution in [-0.4, -0.2) is 9.97 Å². The number of hydrogen-bond acceptors (Lipinski definition) is 4. The Kier molecular flexibility index (Phi) is 3.01. The molecule has 0 atom stereocenters. The highest BCUT2D eigenvalue weighted by Gasteiger charge is 2.08. The summed E-state index contributed by atoms with van der Waals surface area (Å²) in [5.74, 6) is 1.40. The van der Waals surface area contributed by atoms with Crippen LogP contribution in [0.2, 0.25) is 0 Å². The van der Waals surface area contributed by atoms with Crippen LogP contribution in [-0.2, 0) is 0 Å². The summed E-state index contributed by atoms with van der Waals surface area (Å²) >= 11 is 5.02. The number of fused-ring (bicyclic) bond motifs is 1. The Morgan fingerprint density at radius 3 is 3.00 bits per heavy atom. The number of aryl methyl sites for hydroxylation is 1. The van der Waals surface area contributed by atoms with E-state index in [0.29, 0.717) is 5.88 Å². The third-order valence-electron chi connectivity index (χ3n) is 2.58. The van der Waals surface area contributed by atoms with Gasteiger partial charge in [-0.2, -0.15) is 0 Å². The summed E-state index contributed by atoms with van der Waals surface area (Å²) in [6.45, 7) is 2.01. The van der Waals surface area contributed by atoms with Crippen molar-refractivity contribution < 1.29 is 4.74 Å². The number of halogens is 1. The molecule has 0 amide bonds. The fraction of sp³-hybridized carbons (Fsp3) is 0.0769. The van der Waals surface area contributed by atoms with Crippen LogP contribution >= 0.6 is 27.3 Å². The van der Waals surface area contributed by atoms with E-state index in [9.17, 15) is 0 Å². The molecular formula is C13H9BrN2OS. The van der Waals surface area contributed by atoms with Gasteiger partial charge in [0.15, 0.2) is 0 Å². The van der Waals surface area contributed by atoms with E-state index in [1.165, 1.54) is 6.33 Å². The molecule has 0 radical (unpaired) electrons. The maximum atomic E-state index is 5.89. The van der Waals surface area contributed by atoms with E-state index >= 15 is 0 Å². The van der Waals surface area contributed by atoms with E-state index in [4.69, 9.17) is 4.74 Å². The molecule has 0 fully saturated rings. The standard InChI is InChI=1S/C13H9BrN2OS/c1-8-2-3-9(14)6-11(8)17-12-10-4-5-18-13(10)16-7-15-12/h2-7H,1H3. The Labute approximate surface area is 117 Å². The Bertz CT molecular complexity index is 711. The van der Waals surface area contributed by atoms with Gasteiger partial charge >= 0.3 is 0 Å². The molecule has 0 saturated heterocycles. The topological polar surface area (TPSA) is 35.0 Å². The maximum Gasteiger partial charge on any atom is 0.231 e. The Morgan fingerprint density at radius 2 is 2.11 bits per heavy atom. The van der Waals surface area contributed by atoms with Crippen molar-refractivity contribution >= 4 is 37.5 Å². The zero-order valence-corrected chi connectivity index (χ0v) is 12.0. The first-order chi connectivity index (χ1) is 8.74. The molecule has 0 aliphatic carbocycles. The minimum absolute atomic E-state index is 0.599. The van der Waals surface area contributed by atoms with E-state index in [1.54, 1.807) is 11.3 Å². The van der Waals surface area contributed by atoms with Gasteiger partial charge in [-0.05, 0) is 36.1 Å². The number of thiophene rings is 1. The van der Waals surface area contributed by atoms with E-state index in [0.717, 1.165) is 26.0 Å². The first-order valence-corrected chi connectivity index (χ1v) is 7.03. The van der Waals surface area contributed by atoms with Gasteiger partial charge in [-0.3, -0.25) is 0 Å². The van der Waals surface area contributed by atoms with Crippen molar-refractivity contribution in [1.82, 2.24) is 9.97 Å². The average Bonchev–Trinajstić information content (AvgIpc) is 2.83. The lowest BCUT2D eigenvalue weighted by atomic mass is 10.2. The molecule has 0 bridgehead atoms. The molecule has 3 rings (SSSR count). The van der Waals surface area contributed by atoms with Gasteiger partial charge in [-0.25, -0.2) is 9.97 Å². The Morgan fingerprint density at radius 1 is 1.22 bits per heavy atom. The van der Waals surface area contributed by atoms with Crippen LogP contribution in [0.1, 0.15) is 5.56 Å². The van der Waals surface area contributed by atoms with Crippen LogP contribution in [0.4, 0.5) is 0 Å². The molecule has 90 valence electrons. The van der Waals surface area contributed by atoms with Gasteiger partial charge in [0.25, 0.3) is 0 Å². The summed E-state index contributed by atoms with van der Waals surface area (Å²) in [4.78, 5) is 9.34. The van der Waals surface area contributed by atoms with Crippen molar-refractivity contribution in [3.05, 3.63) is 46.0 Å². The van der Waals surface area contributed by atoms with Gasteiger partial charge in [0.05, 0.1) is 5.39 Å². The van der Waals surface area contributed by atoms with Gasteiger partial charge in [-0.1, -0.05) is 22.0 Å². The second-order valence-corrected chi connectivity index (χ2v) is 5.64. The lowest BCUT2D eigenvalue weighted by Gasteiger charge is -2.08. The zero-order valence-electron chi connectivity index (χ0n) is 9.55.